The van der Waals surface area contributed by atoms with Crippen molar-refractivity contribution in [1.29, 1.82) is 0 Å². The molecule has 0 saturated carbocycles. The van der Waals surface area contributed by atoms with E-state index in [4.69, 9.17) is 0 Å². The summed E-state index contributed by atoms with van der Waals surface area (Å²) in [5, 5.41) is 9.92. The highest BCUT2D eigenvalue weighted by atomic mass is 16.3. The minimum atomic E-state index is -0.0825. The van der Waals surface area contributed by atoms with E-state index in [2.05, 4.69) is 21.1 Å². The quantitative estimate of drug-likeness (QED) is 0.742. The van der Waals surface area contributed by atoms with Crippen molar-refractivity contribution < 1.29 is 5.11 Å². The molecule has 5 nitrogen and oxygen atoms in total. The van der Waals surface area contributed by atoms with Crippen molar-refractivity contribution in [3.05, 3.63) is 48.3 Å². The zero-order chi connectivity index (χ0) is 12.5. The van der Waals surface area contributed by atoms with Crippen molar-refractivity contribution in [2.24, 2.45) is 0 Å². The molecule has 0 spiro atoms. The molecule has 89 valence electrons. The first-order valence-corrected chi connectivity index (χ1v) is 5.62. The molecule has 0 fully saturated rings. The van der Waals surface area contributed by atoms with Gasteiger partial charge in [-0.1, -0.05) is 30.3 Å². The number of benzene rings is 1. The van der Waals surface area contributed by atoms with Gasteiger partial charge in [-0.3, -0.25) is 4.57 Å². The van der Waals surface area contributed by atoms with Crippen LogP contribution in [0.1, 0.15) is 18.5 Å². The van der Waals surface area contributed by atoms with Gasteiger partial charge in [-0.25, -0.2) is 9.97 Å². The predicted molar refractivity (Wildman–Crippen MR) is 66.1 cm³/mol. The Bertz CT molecular complexity index is 678. The highest BCUT2D eigenvalue weighted by molar-refractivity contribution is 5.67. The molecule has 5 heteroatoms. The number of hydrogen-bond donors (Lipinski definition) is 1. The summed E-state index contributed by atoms with van der Waals surface area (Å²) in [6, 6.07) is 9.71. The van der Waals surface area contributed by atoms with Gasteiger partial charge in [-0.2, -0.15) is 4.98 Å². The monoisotopic (exact) mass is 239 g/mol. The summed E-state index contributed by atoms with van der Waals surface area (Å²) in [6.45, 7) is 1.98. The van der Waals surface area contributed by atoms with Gasteiger partial charge >= 0.3 is 0 Å². The molecule has 3 rings (SSSR count). The van der Waals surface area contributed by atoms with Crippen molar-refractivity contribution in [1.82, 2.24) is 19.5 Å². The number of rotatable bonds is 2. The Kier molecular flexibility index (Phi) is 2.44. The smallest absolute Gasteiger partial charge is 0.298 e. The van der Waals surface area contributed by atoms with Crippen LogP contribution in [0.25, 0.3) is 11.3 Å². The van der Waals surface area contributed by atoms with Crippen LogP contribution in [0.2, 0.25) is 0 Å². The van der Waals surface area contributed by atoms with Crippen LogP contribution in [0.4, 0.5) is 0 Å². The number of fused-ring (bicyclic) bond motifs is 1. The first-order valence-electron chi connectivity index (χ1n) is 5.62. The van der Waals surface area contributed by atoms with Gasteiger partial charge in [0.2, 0.25) is 5.65 Å². The summed E-state index contributed by atoms with van der Waals surface area (Å²) in [5.41, 5.74) is 2.03. The summed E-state index contributed by atoms with van der Waals surface area (Å²) < 4.78 is 1.65. The molecule has 0 aliphatic carbocycles. The summed E-state index contributed by atoms with van der Waals surface area (Å²) in [4.78, 5) is 12.1. The Morgan fingerprint density at radius 1 is 1.28 bits per heavy atom. The van der Waals surface area contributed by atoms with Gasteiger partial charge in [0.25, 0.3) is 6.01 Å². The van der Waals surface area contributed by atoms with Crippen molar-refractivity contribution in [2.75, 3.05) is 0 Å². The van der Waals surface area contributed by atoms with Gasteiger partial charge in [0, 0.05) is 0 Å². The molecule has 0 unspecified atom stereocenters. The van der Waals surface area contributed by atoms with Crippen LogP contribution in [0, 0.1) is 6.20 Å². The minimum absolute atomic E-state index is 0.0682. The van der Waals surface area contributed by atoms with E-state index in [1.807, 2.05) is 37.3 Å². The first-order chi connectivity index (χ1) is 8.77. The average Bonchev–Trinajstić information content (AvgIpc) is 2.75. The molecule has 1 N–H and O–H groups in total. The molecule has 1 atom stereocenters. The van der Waals surface area contributed by atoms with E-state index in [1.54, 1.807) is 4.57 Å². The lowest BCUT2D eigenvalue weighted by molar-refractivity contribution is 0.393. The highest BCUT2D eigenvalue weighted by Gasteiger charge is 2.17. The maximum absolute atomic E-state index is 9.92. The Labute approximate surface area is 104 Å². The number of aromatic nitrogens is 4. The van der Waals surface area contributed by atoms with E-state index in [-0.39, 0.29) is 12.1 Å². The lowest BCUT2D eigenvalue weighted by Gasteiger charge is -2.14. The third-order valence-electron chi connectivity index (χ3n) is 2.93. The summed E-state index contributed by atoms with van der Waals surface area (Å²) >= 11 is 0. The summed E-state index contributed by atoms with van der Waals surface area (Å²) in [7, 11) is 0. The number of imidazole rings is 1. The standard InChI is InChI=1S/C13H11N4O/c1-9(10-5-3-2-4-6-10)17-12-11(16-13(17)18)14-7-8-15-12/h2-7,9H,1H3,(H,14,16,18)/t9-/m0/s1. The van der Waals surface area contributed by atoms with Gasteiger partial charge in [0.05, 0.1) is 12.2 Å². The lowest BCUT2D eigenvalue weighted by atomic mass is 10.1. The van der Waals surface area contributed by atoms with Gasteiger partial charge < -0.3 is 5.11 Å². The van der Waals surface area contributed by atoms with Gasteiger partial charge in [0.1, 0.15) is 6.20 Å². The molecule has 1 aromatic carbocycles. The fourth-order valence-corrected chi connectivity index (χ4v) is 2.01. The summed E-state index contributed by atoms with van der Waals surface area (Å²) in [5.74, 6) is 0. The van der Waals surface area contributed by atoms with E-state index in [1.165, 1.54) is 6.20 Å². The van der Waals surface area contributed by atoms with Crippen molar-refractivity contribution in [3.8, 4) is 6.01 Å². The molecule has 0 aliphatic heterocycles. The zero-order valence-corrected chi connectivity index (χ0v) is 9.78. The van der Waals surface area contributed by atoms with Gasteiger partial charge in [0.15, 0.2) is 5.65 Å². The highest BCUT2D eigenvalue weighted by Crippen LogP contribution is 2.26. The van der Waals surface area contributed by atoms with Crippen LogP contribution >= 0.6 is 0 Å². The predicted octanol–water partition coefficient (Wildman–Crippen LogP) is 1.94. The molecule has 2 aromatic heterocycles. The maximum Gasteiger partial charge on any atom is 0.298 e. The Morgan fingerprint density at radius 2 is 2.06 bits per heavy atom. The summed E-state index contributed by atoms with van der Waals surface area (Å²) in [6.07, 6.45) is 4.10. The molecule has 1 radical (unpaired) electrons. The molecule has 18 heavy (non-hydrogen) atoms. The number of nitrogens with zero attached hydrogens (tertiary/aromatic N) is 4. The van der Waals surface area contributed by atoms with Crippen molar-refractivity contribution >= 4 is 11.3 Å². The molecule has 0 amide bonds. The second kappa shape index (κ2) is 4.10. The fourth-order valence-electron chi connectivity index (χ4n) is 2.01. The van der Waals surface area contributed by atoms with Gasteiger partial charge in [-0.05, 0) is 12.5 Å². The van der Waals surface area contributed by atoms with Crippen LogP contribution in [0.5, 0.6) is 6.01 Å². The van der Waals surface area contributed by atoms with Crippen LogP contribution in [-0.2, 0) is 0 Å². The van der Waals surface area contributed by atoms with Crippen molar-refractivity contribution in [3.63, 3.8) is 0 Å². The van der Waals surface area contributed by atoms with E-state index in [9.17, 15) is 5.11 Å². The topological polar surface area (TPSA) is 63.8 Å². The number of hydrogen-bond acceptors (Lipinski definition) is 4. The van der Waals surface area contributed by atoms with Gasteiger partial charge in [-0.15, -0.1) is 0 Å². The van der Waals surface area contributed by atoms with E-state index >= 15 is 0 Å². The third-order valence-corrected chi connectivity index (χ3v) is 2.93. The second-order valence-corrected chi connectivity index (χ2v) is 4.01. The van der Waals surface area contributed by atoms with Crippen LogP contribution in [0.3, 0.4) is 0 Å². The number of aromatic hydroxyl groups is 1. The Hall–Kier alpha value is -2.43. The zero-order valence-electron chi connectivity index (χ0n) is 9.78. The molecular formula is C13H11N4O. The van der Waals surface area contributed by atoms with E-state index in [0.717, 1.165) is 5.56 Å². The SMILES string of the molecule is C[C@@H](c1ccccc1)n1c(O)nc2nc[c]nc21. The van der Waals surface area contributed by atoms with Crippen LogP contribution in [0.15, 0.2) is 36.5 Å². The molecule has 0 aliphatic rings. The molecule has 0 saturated heterocycles. The fraction of sp³-hybridized carbons (Fsp3) is 0.154. The molecule has 0 bridgehead atoms. The van der Waals surface area contributed by atoms with Crippen LogP contribution < -0.4 is 0 Å². The molecule has 2 heterocycles. The first kappa shape index (κ1) is 10.7. The maximum atomic E-state index is 9.92. The average molecular weight is 239 g/mol. The normalized spacial score (nSPS) is 12.7. The lowest BCUT2D eigenvalue weighted by Crippen LogP contribution is -2.06. The largest absolute Gasteiger partial charge is 0.480 e. The molecular weight excluding hydrogens is 228 g/mol. The third kappa shape index (κ3) is 1.60. The Balaban J connectivity index is 2.17. The second-order valence-electron chi connectivity index (χ2n) is 4.01. The van der Waals surface area contributed by atoms with E-state index in [0.29, 0.717) is 11.3 Å². The Morgan fingerprint density at radius 3 is 2.83 bits per heavy atom. The van der Waals surface area contributed by atoms with Crippen LogP contribution in [-0.4, -0.2) is 24.6 Å². The molecule has 3 aromatic rings. The minimum Gasteiger partial charge on any atom is -0.480 e. The van der Waals surface area contributed by atoms with E-state index < -0.39 is 0 Å². The van der Waals surface area contributed by atoms with Crippen molar-refractivity contribution in [2.45, 2.75) is 13.0 Å².